The summed E-state index contributed by atoms with van der Waals surface area (Å²) in [5.74, 6) is -1.71. The third kappa shape index (κ3) is 4.41. The molecule has 47 heavy (non-hydrogen) atoms. The fourth-order valence-electron chi connectivity index (χ4n) is 6.58. The second-order valence-corrected chi connectivity index (χ2v) is 11.7. The Balaban J connectivity index is 1.23. The first-order valence-electron chi connectivity index (χ1n) is 15.4. The number of halogens is 2. The molecule has 8 aromatic rings. The zero-order valence-electron chi connectivity index (χ0n) is 24.9. The van der Waals surface area contributed by atoms with Gasteiger partial charge < -0.3 is 0 Å². The molecule has 222 valence electrons. The maximum atomic E-state index is 16.0. The number of para-hydroxylation sites is 1. The summed E-state index contributed by atoms with van der Waals surface area (Å²) in [6, 6.07) is 45.6. The van der Waals surface area contributed by atoms with E-state index in [9.17, 15) is 0 Å². The average molecular weight is 611 g/mol. The molecule has 1 aliphatic rings. The van der Waals surface area contributed by atoms with Gasteiger partial charge in [-0.2, -0.15) is 8.78 Å². The zero-order chi connectivity index (χ0) is 31.5. The second kappa shape index (κ2) is 10.5. The van der Waals surface area contributed by atoms with Gasteiger partial charge in [0.1, 0.15) is 0 Å². The van der Waals surface area contributed by atoms with Crippen LogP contribution in [0.15, 0.2) is 146 Å². The minimum Gasteiger partial charge on any atom is -0.247 e. The van der Waals surface area contributed by atoms with Gasteiger partial charge in [0.15, 0.2) is 17.5 Å². The Labute approximate surface area is 269 Å². The van der Waals surface area contributed by atoms with E-state index in [1.165, 1.54) is 6.07 Å². The highest BCUT2D eigenvalue weighted by atomic mass is 19.3. The van der Waals surface area contributed by atoms with E-state index in [0.29, 0.717) is 34.2 Å². The van der Waals surface area contributed by atoms with Gasteiger partial charge in [0, 0.05) is 44.2 Å². The van der Waals surface area contributed by atoms with Crippen LogP contribution in [0.3, 0.4) is 0 Å². The second-order valence-electron chi connectivity index (χ2n) is 11.7. The van der Waals surface area contributed by atoms with Crippen molar-refractivity contribution in [2.24, 2.45) is 0 Å². The third-order valence-electron chi connectivity index (χ3n) is 8.85. The summed E-state index contributed by atoms with van der Waals surface area (Å²) in [5.41, 5.74) is 5.56. The van der Waals surface area contributed by atoms with Crippen LogP contribution in [0.4, 0.5) is 8.78 Å². The average Bonchev–Trinajstić information content (AvgIpc) is 3.36. The van der Waals surface area contributed by atoms with Gasteiger partial charge in [0.2, 0.25) is 0 Å². The van der Waals surface area contributed by atoms with Gasteiger partial charge in [0.25, 0.3) is 5.92 Å². The molecule has 9 rings (SSSR count). The molecule has 0 spiro atoms. The zero-order valence-corrected chi connectivity index (χ0v) is 24.9. The van der Waals surface area contributed by atoms with Gasteiger partial charge >= 0.3 is 0 Å². The van der Waals surface area contributed by atoms with Gasteiger partial charge in [0.05, 0.1) is 11.2 Å². The largest absolute Gasteiger partial charge is 0.299 e. The van der Waals surface area contributed by atoms with Crippen LogP contribution in [0.2, 0.25) is 0 Å². The molecule has 6 heteroatoms. The Morgan fingerprint density at radius 2 is 0.851 bits per heavy atom. The Morgan fingerprint density at radius 3 is 1.47 bits per heavy atom. The number of fused-ring (bicyclic) bond motifs is 6. The van der Waals surface area contributed by atoms with Crippen LogP contribution in [0, 0.1) is 0 Å². The minimum absolute atomic E-state index is 0.0240. The van der Waals surface area contributed by atoms with E-state index in [-0.39, 0.29) is 11.1 Å². The number of rotatable bonds is 4. The summed E-state index contributed by atoms with van der Waals surface area (Å²) < 4.78 is 31.9. The van der Waals surface area contributed by atoms with E-state index in [0.717, 1.165) is 44.1 Å². The summed E-state index contributed by atoms with van der Waals surface area (Å²) in [4.78, 5) is 19.4. The molecule has 0 bridgehead atoms. The molecule has 0 atom stereocenters. The molecule has 2 aromatic heterocycles. The molecule has 0 unspecified atom stereocenters. The lowest BCUT2D eigenvalue weighted by Crippen LogP contribution is -2.10. The van der Waals surface area contributed by atoms with E-state index in [2.05, 4.69) is 12.1 Å². The number of hydrogen-bond acceptors (Lipinski definition) is 4. The molecular formula is C41H24F2N4. The van der Waals surface area contributed by atoms with Crippen molar-refractivity contribution in [1.82, 2.24) is 19.9 Å². The van der Waals surface area contributed by atoms with E-state index in [1.54, 1.807) is 24.3 Å². The summed E-state index contributed by atoms with van der Waals surface area (Å²) in [6.45, 7) is 0. The van der Waals surface area contributed by atoms with Gasteiger partial charge in [-0.05, 0) is 34.7 Å². The van der Waals surface area contributed by atoms with Gasteiger partial charge in [-0.1, -0.05) is 127 Å². The highest BCUT2D eigenvalue weighted by Gasteiger charge is 2.44. The topological polar surface area (TPSA) is 51.6 Å². The van der Waals surface area contributed by atoms with Crippen molar-refractivity contribution in [3.05, 3.63) is 157 Å². The number of alkyl halides is 2. The third-order valence-corrected chi connectivity index (χ3v) is 8.85. The predicted octanol–water partition coefficient (Wildman–Crippen LogP) is 10.4. The lowest BCUT2D eigenvalue weighted by molar-refractivity contribution is 0.0480. The summed E-state index contributed by atoms with van der Waals surface area (Å²) in [7, 11) is 0. The quantitative estimate of drug-likeness (QED) is 0.186. The first-order chi connectivity index (χ1) is 23.0. The van der Waals surface area contributed by atoms with Crippen molar-refractivity contribution in [2.75, 3.05) is 0 Å². The van der Waals surface area contributed by atoms with Gasteiger partial charge in [-0.3, -0.25) is 0 Å². The van der Waals surface area contributed by atoms with E-state index in [1.807, 2.05) is 103 Å². The highest BCUT2D eigenvalue weighted by Crippen LogP contribution is 2.52. The van der Waals surface area contributed by atoms with Crippen molar-refractivity contribution < 1.29 is 8.78 Å². The lowest BCUT2D eigenvalue weighted by Gasteiger charge is -2.13. The monoisotopic (exact) mass is 610 g/mol. The summed E-state index contributed by atoms with van der Waals surface area (Å²) in [5, 5.41) is 3.09. The Morgan fingerprint density at radius 1 is 0.383 bits per heavy atom. The maximum absolute atomic E-state index is 16.0. The molecule has 0 N–H and O–H groups in total. The van der Waals surface area contributed by atoms with Gasteiger partial charge in [-0.15, -0.1) is 0 Å². The summed E-state index contributed by atoms with van der Waals surface area (Å²) in [6.07, 6.45) is 0. The van der Waals surface area contributed by atoms with Crippen LogP contribution in [0.1, 0.15) is 11.1 Å². The first kappa shape index (κ1) is 27.2. The van der Waals surface area contributed by atoms with E-state index < -0.39 is 5.92 Å². The SMILES string of the molecule is FC1(F)c2ccc(-c3nc(-c4ccccc4)nc(-c4ccccc4)n3)cc2-c2cc(-c3nc4ccccc4c4ccccc34)ccc21. The molecule has 0 saturated carbocycles. The smallest absolute Gasteiger partial charge is 0.247 e. The molecule has 0 aliphatic heterocycles. The van der Waals surface area contributed by atoms with Crippen LogP contribution in [-0.4, -0.2) is 19.9 Å². The minimum atomic E-state index is -3.15. The lowest BCUT2D eigenvalue weighted by atomic mass is 9.96. The van der Waals surface area contributed by atoms with Gasteiger partial charge in [-0.25, -0.2) is 19.9 Å². The van der Waals surface area contributed by atoms with Crippen LogP contribution in [0.25, 0.3) is 78.2 Å². The van der Waals surface area contributed by atoms with Crippen LogP contribution >= 0.6 is 0 Å². The predicted molar refractivity (Wildman–Crippen MR) is 183 cm³/mol. The van der Waals surface area contributed by atoms with Crippen molar-refractivity contribution in [3.8, 4) is 56.5 Å². The Kier molecular flexibility index (Phi) is 6.05. The molecule has 1 aliphatic carbocycles. The fourth-order valence-corrected chi connectivity index (χ4v) is 6.58. The van der Waals surface area contributed by atoms with Crippen molar-refractivity contribution in [3.63, 3.8) is 0 Å². The highest BCUT2D eigenvalue weighted by molar-refractivity contribution is 6.11. The van der Waals surface area contributed by atoms with E-state index >= 15 is 8.78 Å². The molecule has 0 fully saturated rings. The van der Waals surface area contributed by atoms with E-state index in [4.69, 9.17) is 19.9 Å². The molecule has 6 aromatic carbocycles. The summed E-state index contributed by atoms with van der Waals surface area (Å²) >= 11 is 0. The molecule has 0 radical (unpaired) electrons. The standard InChI is InChI=1S/C41H24F2N4/c42-41(43)34-21-19-27(37-31-17-8-7-15-29(31)30-16-9-10-18-36(30)44-37)23-32(34)33-24-28(20-22-35(33)41)40-46-38(25-11-3-1-4-12-25)45-39(47-40)26-13-5-2-6-14-26/h1-24H. The van der Waals surface area contributed by atoms with Crippen molar-refractivity contribution >= 4 is 21.7 Å². The molecule has 0 saturated heterocycles. The van der Waals surface area contributed by atoms with Crippen molar-refractivity contribution in [2.45, 2.75) is 5.92 Å². The number of pyridine rings is 1. The van der Waals surface area contributed by atoms with Crippen LogP contribution in [0.5, 0.6) is 0 Å². The number of aromatic nitrogens is 4. The fraction of sp³-hybridized carbons (Fsp3) is 0.0244. The first-order valence-corrected chi connectivity index (χ1v) is 15.4. The number of nitrogens with zero attached hydrogens (tertiary/aromatic N) is 4. The normalized spacial score (nSPS) is 13.1. The van der Waals surface area contributed by atoms with Crippen LogP contribution < -0.4 is 0 Å². The Hall–Kier alpha value is -6.14. The molecule has 2 heterocycles. The van der Waals surface area contributed by atoms with Crippen LogP contribution in [-0.2, 0) is 5.92 Å². The molecule has 0 amide bonds. The Bertz CT molecular complexity index is 2440. The number of benzene rings is 6. The maximum Gasteiger partial charge on any atom is 0.299 e. The molecule has 4 nitrogen and oxygen atoms in total. The van der Waals surface area contributed by atoms with Crippen molar-refractivity contribution in [1.29, 1.82) is 0 Å². The number of hydrogen-bond donors (Lipinski definition) is 0. The molecular weight excluding hydrogens is 586 g/mol.